The minimum absolute atomic E-state index is 0.104. The molecule has 102 valence electrons. The first-order valence-corrected chi connectivity index (χ1v) is 6.83. The first kappa shape index (κ1) is 13.8. The van der Waals surface area contributed by atoms with Crippen LogP contribution in [0.2, 0.25) is 0 Å². The maximum absolute atomic E-state index is 12.1. The number of thiophene rings is 1. The number of aromatic nitrogens is 1. The molecule has 0 saturated carbocycles. The van der Waals surface area contributed by atoms with Crippen molar-refractivity contribution in [1.82, 2.24) is 10.3 Å². The Kier molecular flexibility index (Phi) is 3.73. The second-order valence-corrected chi connectivity index (χ2v) is 5.66. The molecule has 2 aromatic rings. The molecule has 2 rings (SSSR count). The minimum atomic E-state index is -0.298. The summed E-state index contributed by atoms with van der Waals surface area (Å²) in [5.74, 6) is -0.265. The van der Waals surface area contributed by atoms with Gasteiger partial charge < -0.3 is 16.2 Å². The average molecular weight is 279 g/mol. The first-order valence-electron chi connectivity index (χ1n) is 6.02. The monoisotopic (exact) mass is 279 g/mol. The quantitative estimate of drug-likeness (QED) is 0.796. The first-order chi connectivity index (χ1) is 8.93. The predicted octanol–water partition coefficient (Wildman–Crippen LogP) is 1.61. The van der Waals surface area contributed by atoms with E-state index in [0.717, 1.165) is 21.5 Å². The number of nitrogens with one attached hydrogen (secondary N) is 1. The molecule has 0 saturated heterocycles. The molecule has 6 heteroatoms. The summed E-state index contributed by atoms with van der Waals surface area (Å²) < 4.78 is 0. The fourth-order valence-electron chi connectivity index (χ4n) is 1.97. The number of anilines is 1. The van der Waals surface area contributed by atoms with E-state index in [0.29, 0.717) is 10.6 Å². The van der Waals surface area contributed by atoms with Gasteiger partial charge in [-0.05, 0) is 32.4 Å². The van der Waals surface area contributed by atoms with E-state index >= 15 is 0 Å². The third-order valence-electron chi connectivity index (χ3n) is 2.88. The summed E-state index contributed by atoms with van der Waals surface area (Å²) in [6.45, 7) is 5.50. The van der Waals surface area contributed by atoms with E-state index in [1.165, 1.54) is 11.3 Å². The Balaban J connectivity index is 2.48. The lowest BCUT2D eigenvalue weighted by molar-refractivity contribution is 0.0927. The number of aryl methyl sites for hydroxylation is 2. The van der Waals surface area contributed by atoms with Crippen LogP contribution in [0.3, 0.4) is 0 Å². The van der Waals surface area contributed by atoms with Gasteiger partial charge in [0.15, 0.2) is 0 Å². The maximum atomic E-state index is 12.1. The van der Waals surface area contributed by atoms with Crippen LogP contribution in [0.4, 0.5) is 5.69 Å². The van der Waals surface area contributed by atoms with Crippen LogP contribution in [0.5, 0.6) is 0 Å². The Labute approximate surface area is 115 Å². The van der Waals surface area contributed by atoms with Crippen molar-refractivity contribution < 1.29 is 9.90 Å². The Morgan fingerprint density at radius 1 is 1.58 bits per heavy atom. The molecule has 0 aliphatic rings. The molecule has 19 heavy (non-hydrogen) atoms. The summed E-state index contributed by atoms with van der Waals surface area (Å²) in [6.07, 6.45) is 0. The van der Waals surface area contributed by atoms with E-state index in [9.17, 15) is 4.79 Å². The van der Waals surface area contributed by atoms with Crippen molar-refractivity contribution in [2.75, 3.05) is 12.3 Å². The number of rotatable bonds is 3. The fourth-order valence-corrected chi connectivity index (χ4v) is 3.09. The van der Waals surface area contributed by atoms with E-state index < -0.39 is 0 Å². The number of fused-ring (bicyclic) bond motifs is 1. The normalized spacial score (nSPS) is 12.6. The molecular weight excluding hydrogens is 262 g/mol. The van der Waals surface area contributed by atoms with Gasteiger partial charge in [0.05, 0.1) is 12.3 Å². The van der Waals surface area contributed by atoms with E-state index in [1.807, 2.05) is 19.9 Å². The lowest BCUT2D eigenvalue weighted by atomic mass is 10.1. The van der Waals surface area contributed by atoms with Crippen LogP contribution in [-0.4, -0.2) is 28.6 Å². The van der Waals surface area contributed by atoms with Crippen LogP contribution < -0.4 is 11.1 Å². The Bertz CT molecular complexity index is 636. The molecule has 0 radical (unpaired) electrons. The average Bonchev–Trinajstić information content (AvgIpc) is 2.66. The van der Waals surface area contributed by atoms with E-state index in [1.54, 1.807) is 6.92 Å². The van der Waals surface area contributed by atoms with Crippen molar-refractivity contribution in [3.8, 4) is 0 Å². The van der Waals surface area contributed by atoms with E-state index in [2.05, 4.69) is 10.3 Å². The highest BCUT2D eigenvalue weighted by Crippen LogP contribution is 2.34. The maximum Gasteiger partial charge on any atom is 0.263 e. The third-order valence-corrected chi connectivity index (χ3v) is 3.98. The molecule has 0 aliphatic heterocycles. The summed E-state index contributed by atoms with van der Waals surface area (Å²) >= 11 is 1.28. The molecule has 0 spiro atoms. The van der Waals surface area contributed by atoms with Crippen LogP contribution >= 0.6 is 11.3 Å². The van der Waals surface area contributed by atoms with Crippen molar-refractivity contribution in [2.24, 2.45) is 0 Å². The molecule has 1 unspecified atom stereocenters. The lowest BCUT2D eigenvalue weighted by Gasteiger charge is -2.09. The Morgan fingerprint density at radius 3 is 2.89 bits per heavy atom. The van der Waals surface area contributed by atoms with Crippen molar-refractivity contribution in [2.45, 2.75) is 26.8 Å². The molecule has 5 nitrogen and oxygen atoms in total. The van der Waals surface area contributed by atoms with Crippen LogP contribution in [0.25, 0.3) is 10.2 Å². The van der Waals surface area contributed by atoms with Gasteiger partial charge in [0.1, 0.15) is 9.71 Å². The molecule has 0 fully saturated rings. The molecule has 1 atom stereocenters. The summed E-state index contributed by atoms with van der Waals surface area (Å²) in [4.78, 5) is 17.7. The number of nitrogen functional groups attached to an aromatic ring is 1. The Morgan fingerprint density at radius 2 is 2.26 bits per heavy atom. The largest absolute Gasteiger partial charge is 0.397 e. The van der Waals surface area contributed by atoms with Gasteiger partial charge in [0, 0.05) is 17.1 Å². The van der Waals surface area contributed by atoms with Gasteiger partial charge in [-0.3, -0.25) is 4.79 Å². The van der Waals surface area contributed by atoms with Gasteiger partial charge in [-0.15, -0.1) is 11.3 Å². The topological polar surface area (TPSA) is 88.2 Å². The predicted molar refractivity (Wildman–Crippen MR) is 77.5 cm³/mol. The SMILES string of the molecule is Cc1cc(C)c2c(N)c(C(=O)NC(C)CO)sc2n1. The number of carbonyl (C=O) groups excluding carboxylic acids is 1. The van der Waals surface area contributed by atoms with Gasteiger partial charge in [-0.2, -0.15) is 0 Å². The number of nitrogens with zero attached hydrogens (tertiary/aromatic N) is 1. The molecule has 0 aromatic carbocycles. The zero-order chi connectivity index (χ0) is 14.2. The van der Waals surface area contributed by atoms with Gasteiger partial charge in [-0.25, -0.2) is 4.98 Å². The standard InChI is InChI=1S/C13H17N3O2S/c1-6-4-7(2)16-13-9(6)10(14)11(19-13)12(18)15-8(3)5-17/h4,8,17H,5,14H2,1-3H3,(H,15,18). The van der Waals surface area contributed by atoms with Crippen LogP contribution in [0, 0.1) is 13.8 Å². The number of pyridine rings is 1. The van der Waals surface area contributed by atoms with Gasteiger partial charge in [0.2, 0.25) is 0 Å². The lowest BCUT2D eigenvalue weighted by Crippen LogP contribution is -2.34. The van der Waals surface area contributed by atoms with Crippen molar-refractivity contribution >= 4 is 33.1 Å². The molecular formula is C13H17N3O2S. The number of aliphatic hydroxyl groups excluding tert-OH is 1. The summed E-state index contributed by atoms with van der Waals surface area (Å²) in [5, 5.41) is 12.5. The van der Waals surface area contributed by atoms with Crippen molar-refractivity contribution in [1.29, 1.82) is 0 Å². The smallest absolute Gasteiger partial charge is 0.263 e. The molecule has 4 N–H and O–H groups in total. The van der Waals surface area contributed by atoms with Crippen molar-refractivity contribution in [3.63, 3.8) is 0 Å². The van der Waals surface area contributed by atoms with Crippen LogP contribution in [0.15, 0.2) is 6.07 Å². The number of aliphatic hydroxyl groups is 1. The molecule has 0 aliphatic carbocycles. The van der Waals surface area contributed by atoms with Gasteiger partial charge in [0.25, 0.3) is 5.91 Å². The summed E-state index contributed by atoms with van der Waals surface area (Å²) in [7, 11) is 0. The van der Waals surface area contributed by atoms with Crippen LogP contribution in [-0.2, 0) is 0 Å². The number of amides is 1. The number of hydrogen-bond donors (Lipinski definition) is 3. The van der Waals surface area contributed by atoms with Gasteiger partial charge in [-0.1, -0.05) is 0 Å². The number of carbonyl (C=O) groups is 1. The number of nitrogens with two attached hydrogens (primary N) is 1. The highest BCUT2D eigenvalue weighted by molar-refractivity contribution is 7.21. The second kappa shape index (κ2) is 5.14. The molecule has 1 amide bonds. The zero-order valence-electron chi connectivity index (χ0n) is 11.2. The summed E-state index contributed by atoms with van der Waals surface area (Å²) in [5.41, 5.74) is 8.44. The fraction of sp³-hybridized carbons (Fsp3) is 0.385. The second-order valence-electron chi connectivity index (χ2n) is 4.66. The number of hydrogen-bond acceptors (Lipinski definition) is 5. The zero-order valence-corrected chi connectivity index (χ0v) is 12.0. The molecule has 2 aromatic heterocycles. The Hall–Kier alpha value is -1.66. The van der Waals surface area contributed by atoms with Gasteiger partial charge >= 0.3 is 0 Å². The highest BCUT2D eigenvalue weighted by atomic mass is 32.1. The highest BCUT2D eigenvalue weighted by Gasteiger charge is 2.19. The van der Waals surface area contributed by atoms with Crippen LogP contribution in [0.1, 0.15) is 27.9 Å². The minimum Gasteiger partial charge on any atom is -0.397 e. The molecule has 2 heterocycles. The molecule has 0 bridgehead atoms. The van der Waals surface area contributed by atoms with E-state index in [-0.39, 0.29) is 18.6 Å². The van der Waals surface area contributed by atoms with Crippen molar-refractivity contribution in [3.05, 3.63) is 22.2 Å². The van der Waals surface area contributed by atoms with E-state index in [4.69, 9.17) is 10.8 Å². The third kappa shape index (κ3) is 2.54. The summed E-state index contributed by atoms with van der Waals surface area (Å²) in [6, 6.07) is 1.65.